The number of hydrogen-bond donors (Lipinski definition) is 1. The fourth-order valence-electron chi connectivity index (χ4n) is 7.83. The van der Waals surface area contributed by atoms with Gasteiger partial charge in [0.05, 0.1) is 12.5 Å². The predicted molar refractivity (Wildman–Crippen MR) is 145 cm³/mol. The number of hydrogen-bond acceptors (Lipinski definition) is 11. The van der Waals surface area contributed by atoms with Crippen LogP contribution in [0.25, 0.3) is 0 Å². The van der Waals surface area contributed by atoms with Gasteiger partial charge in [0, 0.05) is 31.1 Å². The van der Waals surface area contributed by atoms with E-state index >= 15 is 0 Å². The Morgan fingerprint density at radius 3 is 2.32 bits per heavy atom. The van der Waals surface area contributed by atoms with Crippen LogP contribution in [0.15, 0.2) is 28.7 Å². The lowest BCUT2D eigenvalue weighted by Gasteiger charge is -2.67. The van der Waals surface area contributed by atoms with Gasteiger partial charge in [-0.1, -0.05) is 33.8 Å². The van der Waals surface area contributed by atoms with Gasteiger partial charge in [0.15, 0.2) is 23.3 Å². The largest absolute Gasteiger partial charge is 0.455 e. The molecule has 3 fully saturated rings. The van der Waals surface area contributed by atoms with Crippen LogP contribution >= 0.6 is 11.3 Å². The molecule has 0 amide bonds. The first-order valence-corrected chi connectivity index (χ1v) is 14.6. The van der Waals surface area contributed by atoms with E-state index in [-0.39, 0.29) is 22.6 Å². The van der Waals surface area contributed by atoms with E-state index in [1.165, 1.54) is 13.8 Å². The Labute approximate surface area is 242 Å². The maximum absolute atomic E-state index is 14.9. The topological polar surface area (TPSA) is 143 Å². The molecule has 2 bridgehead atoms. The summed E-state index contributed by atoms with van der Waals surface area (Å²) in [7, 11) is 0. The van der Waals surface area contributed by atoms with Crippen LogP contribution in [-0.2, 0) is 38.1 Å². The summed E-state index contributed by atoms with van der Waals surface area (Å²) in [6.45, 7) is 10.7. The van der Waals surface area contributed by atoms with Gasteiger partial charge in [-0.2, -0.15) is 0 Å². The van der Waals surface area contributed by atoms with E-state index in [0.717, 1.165) is 11.3 Å². The average molecular weight is 589 g/mol. The van der Waals surface area contributed by atoms with Crippen LogP contribution in [0.5, 0.6) is 0 Å². The normalized spacial score (nSPS) is 39.4. The number of ketones is 2. The fraction of sp³-hybridized carbons (Fsp3) is 0.633. The Bertz CT molecular complexity index is 1360. The second-order valence-corrected chi connectivity index (χ2v) is 13.5. The molecular formula is C30H36O10S. The van der Waals surface area contributed by atoms with Crippen molar-refractivity contribution < 1.29 is 48.0 Å². The van der Waals surface area contributed by atoms with Crippen molar-refractivity contribution in [1.82, 2.24) is 0 Å². The highest BCUT2D eigenvalue weighted by molar-refractivity contribution is 7.11. The Morgan fingerprint density at radius 2 is 1.78 bits per heavy atom. The van der Waals surface area contributed by atoms with Crippen LogP contribution in [-0.4, -0.2) is 70.7 Å². The summed E-state index contributed by atoms with van der Waals surface area (Å²) in [5, 5.41) is 14.5. The second kappa shape index (κ2) is 9.57. The van der Waals surface area contributed by atoms with Crippen LogP contribution in [0.3, 0.4) is 0 Å². The van der Waals surface area contributed by atoms with Crippen molar-refractivity contribution in [3.8, 4) is 0 Å². The molecule has 1 N–H and O–H groups in total. The number of carbonyl (C=O) groups excluding carboxylic acids is 5. The molecule has 1 saturated heterocycles. The van der Waals surface area contributed by atoms with E-state index in [2.05, 4.69) is 0 Å². The zero-order chi connectivity index (χ0) is 30.3. The molecule has 41 heavy (non-hydrogen) atoms. The zero-order valence-electron chi connectivity index (χ0n) is 24.3. The van der Waals surface area contributed by atoms with E-state index in [1.54, 1.807) is 45.2 Å². The monoisotopic (exact) mass is 588 g/mol. The molecule has 3 aliphatic carbocycles. The first kappa shape index (κ1) is 29.6. The highest BCUT2D eigenvalue weighted by atomic mass is 32.1. The van der Waals surface area contributed by atoms with Crippen LogP contribution in [0, 0.1) is 22.7 Å². The lowest BCUT2D eigenvalue weighted by atomic mass is 9.43. The summed E-state index contributed by atoms with van der Waals surface area (Å²) in [4.78, 5) is 67.3. The molecule has 2 heterocycles. The number of fused-ring (bicyclic) bond motifs is 5. The molecule has 1 aliphatic heterocycles. The van der Waals surface area contributed by atoms with Gasteiger partial charge in [0.25, 0.3) is 0 Å². The maximum atomic E-state index is 14.9. The van der Waals surface area contributed by atoms with Crippen LogP contribution in [0.1, 0.15) is 71.0 Å². The highest BCUT2D eigenvalue weighted by Gasteiger charge is 2.77. The van der Waals surface area contributed by atoms with Crippen molar-refractivity contribution in [2.45, 2.75) is 90.8 Å². The molecule has 0 aromatic carbocycles. The minimum absolute atomic E-state index is 0.102. The molecule has 10 nitrogen and oxygen atoms in total. The Hall–Kier alpha value is -2.89. The molecule has 222 valence electrons. The van der Waals surface area contributed by atoms with E-state index in [1.807, 2.05) is 6.92 Å². The minimum Gasteiger partial charge on any atom is -0.455 e. The lowest BCUT2D eigenvalue weighted by Crippen LogP contribution is -2.80. The van der Waals surface area contributed by atoms with Gasteiger partial charge in [-0.25, -0.2) is 4.79 Å². The molecule has 0 radical (unpaired) electrons. The summed E-state index contributed by atoms with van der Waals surface area (Å²) in [5.41, 5.74) is -6.00. The van der Waals surface area contributed by atoms with Gasteiger partial charge in [-0.15, -0.1) is 11.3 Å². The SMILES string of the molecule is CC(=O)OC1C(=O)[C@@]2(C)C(C(OC(=O)c3cccs3)C3(O)CC(=O)C(C)=C1C3(C)C)C1(OC(C)=O)COC1C[C@@H]2C. The van der Waals surface area contributed by atoms with Gasteiger partial charge in [-0.3, -0.25) is 19.2 Å². The number of aliphatic hydroxyl groups is 1. The van der Waals surface area contributed by atoms with Crippen molar-refractivity contribution in [3.63, 3.8) is 0 Å². The van der Waals surface area contributed by atoms with Gasteiger partial charge in [0.2, 0.25) is 0 Å². The fourth-order valence-corrected chi connectivity index (χ4v) is 8.43. The zero-order valence-corrected chi connectivity index (χ0v) is 25.1. The molecule has 1 aromatic heterocycles. The molecule has 1 aromatic rings. The predicted octanol–water partition coefficient (Wildman–Crippen LogP) is 3.20. The summed E-state index contributed by atoms with van der Waals surface area (Å²) in [5.74, 6) is -4.69. The first-order valence-electron chi connectivity index (χ1n) is 13.8. The Morgan fingerprint density at radius 1 is 1.10 bits per heavy atom. The van der Waals surface area contributed by atoms with Crippen molar-refractivity contribution in [2.24, 2.45) is 22.7 Å². The molecule has 0 spiro atoms. The third-order valence-corrected chi connectivity index (χ3v) is 11.1. The molecule has 4 aliphatic rings. The third-order valence-electron chi connectivity index (χ3n) is 10.2. The van der Waals surface area contributed by atoms with Gasteiger partial charge in [-0.05, 0) is 41.9 Å². The summed E-state index contributed by atoms with van der Waals surface area (Å²) in [6.07, 6.45) is -3.73. The third kappa shape index (κ3) is 3.99. The average Bonchev–Trinajstić information content (AvgIpc) is 3.41. The minimum atomic E-state index is -2.08. The first-order chi connectivity index (χ1) is 19.0. The van der Waals surface area contributed by atoms with Gasteiger partial charge >= 0.3 is 17.9 Å². The molecule has 8 atom stereocenters. The summed E-state index contributed by atoms with van der Waals surface area (Å²) in [6, 6.07) is 3.26. The number of carbonyl (C=O) groups is 5. The lowest BCUT2D eigenvalue weighted by molar-refractivity contribution is -0.338. The number of ether oxygens (including phenoxy) is 4. The number of rotatable bonds is 4. The standard InChI is InChI=1S/C30H36O10S/c1-14-11-20-29(13-37-20,40-17(4)32)23-25(39-26(35)19-9-8-10-41-19)30(36)12-18(33)15(2)21(27(30,5)6)22(38-16(3)31)24(34)28(14,23)7/h8-10,14,20,22-23,25,36H,11-13H2,1-7H3/t14-,20?,22?,23?,25?,28+,29?,30?/m0/s1. The van der Waals surface area contributed by atoms with E-state index in [9.17, 15) is 29.1 Å². The maximum Gasteiger partial charge on any atom is 0.348 e. The molecule has 6 unspecified atom stereocenters. The second-order valence-electron chi connectivity index (χ2n) is 12.6. The number of thiophene rings is 1. The Kier molecular flexibility index (Phi) is 6.91. The number of esters is 3. The summed E-state index contributed by atoms with van der Waals surface area (Å²) >= 11 is 1.15. The number of allylic oxidation sites excluding steroid dienone is 1. The molecule has 2 saturated carbocycles. The van der Waals surface area contributed by atoms with Crippen LogP contribution < -0.4 is 0 Å². The smallest absolute Gasteiger partial charge is 0.348 e. The van der Waals surface area contributed by atoms with E-state index < -0.39 is 88.1 Å². The summed E-state index contributed by atoms with van der Waals surface area (Å²) < 4.78 is 23.8. The van der Waals surface area contributed by atoms with Crippen molar-refractivity contribution in [3.05, 3.63) is 33.5 Å². The van der Waals surface area contributed by atoms with Crippen LogP contribution in [0.2, 0.25) is 0 Å². The van der Waals surface area contributed by atoms with E-state index in [0.29, 0.717) is 6.42 Å². The molecule has 11 heteroatoms. The quantitative estimate of drug-likeness (QED) is 0.412. The van der Waals surface area contributed by atoms with Gasteiger partial charge < -0.3 is 24.1 Å². The van der Waals surface area contributed by atoms with Crippen molar-refractivity contribution >= 4 is 40.8 Å². The molecule has 5 rings (SSSR count). The Balaban J connectivity index is 1.85. The van der Waals surface area contributed by atoms with Crippen molar-refractivity contribution in [2.75, 3.05) is 6.61 Å². The van der Waals surface area contributed by atoms with Crippen molar-refractivity contribution in [1.29, 1.82) is 0 Å². The van der Waals surface area contributed by atoms with E-state index in [4.69, 9.17) is 18.9 Å². The highest BCUT2D eigenvalue weighted by Crippen LogP contribution is 2.65. The van der Waals surface area contributed by atoms with Gasteiger partial charge in [0.1, 0.15) is 22.7 Å². The number of Topliss-reactive ketones (excluding diaryl/α,β-unsaturated/α-hetero) is 2. The molecular weight excluding hydrogens is 552 g/mol. The van der Waals surface area contributed by atoms with Crippen LogP contribution in [0.4, 0.5) is 0 Å².